The van der Waals surface area contributed by atoms with Crippen LogP contribution in [0.5, 0.6) is 0 Å². The third-order valence-electron chi connectivity index (χ3n) is 5.31. The molecular formula is C20H27N6+. The Morgan fingerprint density at radius 2 is 1.85 bits per heavy atom. The van der Waals surface area contributed by atoms with Crippen molar-refractivity contribution in [3.05, 3.63) is 47.9 Å². The Kier molecular flexibility index (Phi) is 4.84. The van der Waals surface area contributed by atoms with Crippen molar-refractivity contribution in [1.29, 1.82) is 0 Å². The lowest BCUT2D eigenvalue weighted by Gasteiger charge is -2.32. The molecule has 3 heterocycles. The zero-order valence-corrected chi connectivity index (χ0v) is 15.6. The van der Waals surface area contributed by atoms with E-state index in [2.05, 4.69) is 47.3 Å². The maximum Gasteiger partial charge on any atom is 0.163 e. The van der Waals surface area contributed by atoms with E-state index in [1.165, 1.54) is 25.2 Å². The molecular weight excluding hydrogens is 324 g/mol. The lowest BCUT2D eigenvalue weighted by Crippen LogP contribution is -3.14. The Bertz CT molecular complexity index is 865. The summed E-state index contributed by atoms with van der Waals surface area (Å²) < 4.78 is 2.02. The van der Waals surface area contributed by atoms with E-state index in [9.17, 15) is 0 Å². The summed E-state index contributed by atoms with van der Waals surface area (Å²) in [6, 6.07) is 10.5. The van der Waals surface area contributed by atoms with E-state index in [0.29, 0.717) is 0 Å². The second-order valence-electron chi connectivity index (χ2n) is 7.03. The van der Waals surface area contributed by atoms with E-state index in [4.69, 9.17) is 9.97 Å². The zero-order valence-electron chi connectivity index (χ0n) is 15.6. The van der Waals surface area contributed by atoms with Gasteiger partial charge in [-0.25, -0.2) is 14.6 Å². The number of aryl methyl sites for hydroxylation is 3. The van der Waals surface area contributed by atoms with Crippen LogP contribution in [0, 0.1) is 6.92 Å². The minimum Gasteiger partial charge on any atom is -0.345 e. The van der Waals surface area contributed by atoms with Gasteiger partial charge >= 0.3 is 0 Å². The number of hydrogen-bond donors (Lipinski definition) is 1. The molecule has 0 amide bonds. The van der Waals surface area contributed by atoms with Crippen LogP contribution in [0.25, 0.3) is 11.0 Å². The molecule has 0 atom stereocenters. The first-order valence-corrected chi connectivity index (χ1v) is 9.57. The van der Waals surface area contributed by atoms with Crippen LogP contribution in [-0.4, -0.2) is 52.5 Å². The molecule has 6 nitrogen and oxygen atoms in total. The number of fused-ring (bicyclic) bond motifs is 1. The van der Waals surface area contributed by atoms with Gasteiger partial charge in [-0.2, -0.15) is 5.10 Å². The molecule has 1 saturated heterocycles. The summed E-state index contributed by atoms with van der Waals surface area (Å²) in [5.41, 5.74) is 2.27. The summed E-state index contributed by atoms with van der Waals surface area (Å²) in [4.78, 5) is 13.5. The first-order valence-electron chi connectivity index (χ1n) is 9.57. The maximum absolute atomic E-state index is 4.76. The van der Waals surface area contributed by atoms with Crippen molar-refractivity contribution in [3.8, 4) is 0 Å². The van der Waals surface area contributed by atoms with E-state index in [0.717, 1.165) is 48.7 Å². The number of rotatable bonds is 5. The third-order valence-corrected chi connectivity index (χ3v) is 5.31. The molecule has 1 aromatic carbocycles. The van der Waals surface area contributed by atoms with Crippen molar-refractivity contribution in [3.63, 3.8) is 0 Å². The fraction of sp³-hybridized carbons (Fsp3) is 0.450. The van der Waals surface area contributed by atoms with Gasteiger partial charge in [-0.15, -0.1) is 0 Å². The van der Waals surface area contributed by atoms with Crippen LogP contribution in [0.4, 0.5) is 5.82 Å². The molecule has 0 bridgehead atoms. The summed E-state index contributed by atoms with van der Waals surface area (Å²) in [7, 11) is 0. The van der Waals surface area contributed by atoms with Gasteiger partial charge in [0, 0.05) is 6.54 Å². The SMILES string of the molecule is CC[NH+]1CCN(c2nc(C)nc3c2cnn3CCc2ccccc2)CC1. The van der Waals surface area contributed by atoms with Crippen LogP contribution < -0.4 is 9.80 Å². The van der Waals surface area contributed by atoms with Crippen molar-refractivity contribution in [2.45, 2.75) is 26.8 Å². The molecule has 0 radical (unpaired) electrons. The molecule has 4 rings (SSSR count). The number of nitrogens with zero attached hydrogens (tertiary/aromatic N) is 5. The van der Waals surface area contributed by atoms with Crippen molar-refractivity contribution in [2.75, 3.05) is 37.6 Å². The average molecular weight is 351 g/mol. The molecule has 0 aliphatic carbocycles. The molecule has 0 spiro atoms. The molecule has 0 unspecified atom stereocenters. The topological polar surface area (TPSA) is 51.3 Å². The molecule has 6 heteroatoms. The number of hydrogen-bond acceptors (Lipinski definition) is 4. The highest BCUT2D eigenvalue weighted by atomic mass is 15.3. The van der Waals surface area contributed by atoms with Crippen LogP contribution in [0.15, 0.2) is 36.5 Å². The van der Waals surface area contributed by atoms with E-state index < -0.39 is 0 Å². The van der Waals surface area contributed by atoms with Crippen molar-refractivity contribution >= 4 is 16.9 Å². The number of benzene rings is 1. The summed E-state index contributed by atoms with van der Waals surface area (Å²) in [5.74, 6) is 1.87. The first kappa shape index (κ1) is 17.0. The van der Waals surface area contributed by atoms with Crippen LogP contribution in [0.1, 0.15) is 18.3 Å². The zero-order chi connectivity index (χ0) is 17.9. The number of likely N-dealkylation sites (N-methyl/N-ethyl adjacent to an activating group) is 1. The third kappa shape index (κ3) is 3.42. The number of quaternary nitrogens is 1. The summed E-state index contributed by atoms with van der Waals surface area (Å²) in [6.45, 7) is 10.7. The minimum absolute atomic E-state index is 0.819. The van der Waals surface area contributed by atoms with Crippen molar-refractivity contribution in [1.82, 2.24) is 19.7 Å². The Morgan fingerprint density at radius 3 is 2.58 bits per heavy atom. The molecule has 1 N–H and O–H groups in total. The van der Waals surface area contributed by atoms with E-state index in [1.807, 2.05) is 17.8 Å². The largest absolute Gasteiger partial charge is 0.345 e. The normalized spacial score (nSPS) is 15.7. The fourth-order valence-corrected chi connectivity index (χ4v) is 3.72. The molecule has 2 aromatic heterocycles. The van der Waals surface area contributed by atoms with Crippen molar-refractivity contribution < 1.29 is 4.90 Å². The summed E-state index contributed by atoms with van der Waals surface area (Å²) >= 11 is 0. The molecule has 1 fully saturated rings. The highest BCUT2D eigenvalue weighted by Gasteiger charge is 2.23. The van der Waals surface area contributed by atoms with Gasteiger partial charge in [-0.3, -0.25) is 0 Å². The van der Waals surface area contributed by atoms with Gasteiger partial charge in [0.15, 0.2) is 5.65 Å². The number of anilines is 1. The number of aromatic nitrogens is 4. The van der Waals surface area contributed by atoms with Gasteiger partial charge in [0.25, 0.3) is 0 Å². The maximum atomic E-state index is 4.76. The predicted molar refractivity (Wildman–Crippen MR) is 104 cm³/mol. The van der Waals surface area contributed by atoms with Crippen LogP contribution in [-0.2, 0) is 13.0 Å². The highest BCUT2D eigenvalue weighted by Crippen LogP contribution is 2.24. The molecule has 1 aliphatic heterocycles. The van der Waals surface area contributed by atoms with Gasteiger partial charge in [-0.05, 0) is 25.8 Å². The Hall–Kier alpha value is -2.47. The van der Waals surface area contributed by atoms with E-state index >= 15 is 0 Å². The standard InChI is InChI=1S/C20H26N6/c1-3-24-11-13-25(14-12-24)19-18-15-21-26(20(18)23-16(2)22-19)10-9-17-7-5-4-6-8-17/h4-8,15H,3,9-14H2,1-2H3/p+1. The fourth-order valence-electron chi connectivity index (χ4n) is 3.72. The molecule has 1 aliphatic rings. The van der Waals surface area contributed by atoms with Gasteiger partial charge in [-0.1, -0.05) is 30.3 Å². The second kappa shape index (κ2) is 7.41. The first-order chi connectivity index (χ1) is 12.7. The summed E-state index contributed by atoms with van der Waals surface area (Å²) in [6.07, 6.45) is 2.89. The van der Waals surface area contributed by atoms with Crippen molar-refractivity contribution in [2.24, 2.45) is 0 Å². The van der Waals surface area contributed by atoms with Crippen LogP contribution >= 0.6 is 0 Å². The van der Waals surface area contributed by atoms with E-state index in [1.54, 1.807) is 4.90 Å². The smallest absolute Gasteiger partial charge is 0.163 e. The summed E-state index contributed by atoms with van der Waals surface area (Å²) in [5, 5.41) is 5.69. The molecule has 26 heavy (non-hydrogen) atoms. The number of piperazine rings is 1. The highest BCUT2D eigenvalue weighted by molar-refractivity contribution is 5.87. The predicted octanol–water partition coefficient (Wildman–Crippen LogP) is 1.10. The van der Waals surface area contributed by atoms with Crippen LogP contribution in [0.3, 0.4) is 0 Å². The van der Waals surface area contributed by atoms with E-state index in [-0.39, 0.29) is 0 Å². The van der Waals surface area contributed by atoms with Gasteiger partial charge < -0.3 is 9.80 Å². The Labute approximate surface area is 154 Å². The van der Waals surface area contributed by atoms with Gasteiger partial charge in [0.2, 0.25) is 0 Å². The Morgan fingerprint density at radius 1 is 1.08 bits per heavy atom. The molecule has 3 aromatic rings. The van der Waals surface area contributed by atoms with Gasteiger partial charge in [0.1, 0.15) is 11.6 Å². The molecule has 136 valence electrons. The quantitative estimate of drug-likeness (QED) is 0.748. The number of nitrogens with one attached hydrogen (secondary N) is 1. The minimum atomic E-state index is 0.819. The average Bonchev–Trinajstić information content (AvgIpc) is 3.09. The lowest BCUT2D eigenvalue weighted by molar-refractivity contribution is -0.898. The second-order valence-corrected chi connectivity index (χ2v) is 7.03. The monoisotopic (exact) mass is 351 g/mol. The van der Waals surface area contributed by atoms with Gasteiger partial charge in [0.05, 0.1) is 44.3 Å². The lowest BCUT2D eigenvalue weighted by atomic mass is 10.1. The Balaban J connectivity index is 1.59. The molecule has 0 saturated carbocycles. The van der Waals surface area contributed by atoms with Crippen LogP contribution in [0.2, 0.25) is 0 Å².